The van der Waals surface area contributed by atoms with E-state index in [1.165, 1.54) is 6.08 Å². The maximum absolute atomic E-state index is 12.7. The molecule has 0 atom stereocenters. The average molecular weight is 388 g/mol. The molecule has 0 N–H and O–H groups in total. The highest BCUT2D eigenvalue weighted by Gasteiger charge is 2.47. The van der Waals surface area contributed by atoms with Crippen LogP contribution >= 0.6 is 0 Å². The minimum Gasteiger partial charge on any atom is -0.493 e. The molecule has 2 amide bonds. The lowest BCUT2D eigenvalue weighted by molar-refractivity contribution is -0.135. The molecule has 3 rings (SSSR count). The predicted molar refractivity (Wildman–Crippen MR) is 105 cm³/mol. The number of piperidine rings is 1. The third-order valence-corrected chi connectivity index (χ3v) is 5.79. The van der Waals surface area contributed by atoms with E-state index in [0.29, 0.717) is 50.6 Å². The third-order valence-electron chi connectivity index (χ3n) is 5.79. The first-order valence-electron chi connectivity index (χ1n) is 9.61. The van der Waals surface area contributed by atoms with E-state index in [4.69, 9.17) is 14.2 Å². The van der Waals surface area contributed by atoms with Crippen molar-refractivity contribution in [2.24, 2.45) is 0 Å². The molecule has 2 heterocycles. The summed E-state index contributed by atoms with van der Waals surface area (Å²) in [4.78, 5) is 28.4. The van der Waals surface area contributed by atoms with E-state index >= 15 is 0 Å². The number of carbonyl (C=O) groups is 2. The number of benzene rings is 1. The zero-order valence-corrected chi connectivity index (χ0v) is 16.8. The lowest BCUT2D eigenvalue weighted by Crippen LogP contribution is -2.58. The molecular formula is C21H28N2O5. The molecule has 0 unspecified atom stereocenters. The van der Waals surface area contributed by atoms with Crippen LogP contribution in [0, 0.1) is 0 Å². The Bertz CT molecular complexity index is 768. The number of likely N-dealkylation sites (tertiary alicyclic amines) is 1. The van der Waals surface area contributed by atoms with Gasteiger partial charge in [-0.05, 0) is 55.5 Å². The van der Waals surface area contributed by atoms with Gasteiger partial charge in [-0.1, -0.05) is 6.58 Å². The molecule has 2 aliphatic heterocycles. The minimum absolute atomic E-state index is 0.0926. The second-order valence-electron chi connectivity index (χ2n) is 7.03. The molecule has 1 fully saturated rings. The van der Waals surface area contributed by atoms with Crippen LogP contribution in [-0.2, 0) is 21.5 Å². The van der Waals surface area contributed by atoms with Crippen molar-refractivity contribution in [3.63, 3.8) is 0 Å². The highest BCUT2D eigenvalue weighted by Crippen LogP contribution is 2.47. The largest absolute Gasteiger partial charge is 0.493 e. The third kappa shape index (κ3) is 3.30. The summed E-state index contributed by atoms with van der Waals surface area (Å²) in [5.41, 5.74) is 1.71. The molecule has 2 aliphatic rings. The number of carbonyl (C=O) groups excluding carboxylic acids is 2. The Morgan fingerprint density at radius 1 is 1.14 bits per heavy atom. The monoisotopic (exact) mass is 388 g/mol. The van der Waals surface area contributed by atoms with Crippen molar-refractivity contribution in [1.82, 2.24) is 9.80 Å². The number of fused-ring (bicyclic) bond motifs is 2. The quantitative estimate of drug-likeness (QED) is 0.742. The molecule has 0 bridgehead atoms. The van der Waals surface area contributed by atoms with Crippen LogP contribution in [0.1, 0.15) is 30.9 Å². The van der Waals surface area contributed by atoms with Gasteiger partial charge in [0, 0.05) is 19.6 Å². The van der Waals surface area contributed by atoms with Gasteiger partial charge >= 0.3 is 6.09 Å². The van der Waals surface area contributed by atoms with E-state index in [1.54, 1.807) is 26.0 Å². The van der Waals surface area contributed by atoms with Crippen molar-refractivity contribution >= 4 is 12.0 Å². The standard InChI is InChI=1S/C21H28N2O5/c1-5-19(24)23-10-7-15-13-17(26-3)18(27-4)14-16(15)21(23)8-11-22(12-9-21)20(25)28-6-2/h5,13-14H,1,6-12H2,2-4H3. The van der Waals surface area contributed by atoms with E-state index in [2.05, 4.69) is 6.58 Å². The van der Waals surface area contributed by atoms with E-state index in [9.17, 15) is 9.59 Å². The van der Waals surface area contributed by atoms with Crippen molar-refractivity contribution in [3.05, 3.63) is 35.9 Å². The van der Waals surface area contributed by atoms with Crippen LogP contribution in [0.15, 0.2) is 24.8 Å². The molecule has 0 saturated carbocycles. The maximum atomic E-state index is 12.7. The van der Waals surface area contributed by atoms with Crippen LogP contribution < -0.4 is 9.47 Å². The number of hydrogen-bond donors (Lipinski definition) is 0. The number of amides is 2. The number of nitrogens with zero attached hydrogens (tertiary/aromatic N) is 2. The summed E-state index contributed by atoms with van der Waals surface area (Å²) >= 11 is 0. The number of methoxy groups -OCH3 is 2. The van der Waals surface area contributed by atoms with Crippen molar-refractivity contribution in [1.29, 1.82) is 0 Å². The van der Waals surface area contributed by atoms with E-state index in [0.717, 1.165) is 17.5 Å². The SMILES string of the molecule is C=CC(=O)N1CCc2cc(OC)c(OC)cc2C12CCN(C(=O)OCC)CC2. The molecule has 7 heteroatoms. The molecule has 1 aromatic rings. The molecule has 1 spiro atoms. The van der Waals surface area contributed by atoms with Gasteiger partial charge in [0.1, 0.15) is 0 Å². The van der Waals surface area contributed by atoms with Gasteiger partial charge in [-0.15, -0.1) is 0 Å². The van der Waals surface area contributed by atoms with Gasteiger partial charge in [0.25, 0.3) is 0 Å². The molecule has 1 aromatic carbocycles. The van der Waals surface area contributed by atoms with Gasteiger partial charge in [-0.25, -0.2) is 4.79 Å². The van der Waals surface area contributed by atoms with Gasteiger partial charge in [-0.3, -0.25) is 4.79 Å². The molecule has 28 heavy (non-hydrogen) atoms. The number of ether oxygens (including phenoxy) is 3. The Labute approximate surface area is 165 Å². The van der Waals surface area contributed by atoms with Gasteiger partial charge < -0.3 is 24.0 Å². The summed E-state index contributed by atoms with van der Waals surface area (Å²) in [7, 11) is 3.23. The Morgan fingerprint density at radius 2 is 1.79 bits per heavy atom. The smallest absolute Gasteiger partial charge is 0.409 e. The molecule has 152 valence electrons. The van der Waals surface area contributed by atoms with Crippen LogP contribution in [-0.4, -0.2) is 62.3 Å². The maximum Gasteiger partial charge on any atom is 0.409 e. The average Bonchev–Trinajstić information content (AvgIpc) is 2.73. The second-order valence-corrected chi connectivity index (χ2v) is 7.03. The molecular weight excluding hydrogens is 360 g/mol. The van der Waals surface area contributed by atoms with Gasteiger partial charge in [0.2, 0.25) is 5.91 Å². The highest BCUT2D eigenvalue weighted by atomic mass is 16.6. The van der Waals surface area contributed by atoms with Gasteiger partial charge in [0.15, 0.2) is 11.5 Å². The summed E-state index contributed by atoms with van der Waals surface area (Å²) in [6, 6.07) is 3.99. The summed E-state index contributed by atoms with van der Waals surface area (Å²) in [6.45, 7) is 7.47. The molecule has 7 nitrogen and oxygen atoms in total. The van der Waals surface area contributed by atoms with Crippen LogP contribution in [0.25, 0.3) is 0 Å². The van der Waals surface area contributed by atoms with Crippen LogP contribution in [0.5, 0.6) is 11.5 Å². The Morgan fingerprint density at radius 3 is 2.36 bits per heavy atom. The summed E-state index contributed by atoms with van der Waals surface area (Å²) < 4.78 is 16.1. The summed E-state index contributed by atoms with van der Waals surface area (Å²) in [5.74, 6) is 1.23. The number of hydrogen-bond acceptors (Lipinski definition) is 5. The van der Waals surface area contributed by atoms with Crippen LogP contribution in [0.4, 0.5) is 4.79 Å². The zero-order valence-electron chi connectivity index (χ0n) is 16.8. The Kier molecular flexibility index (Phi) is 5.82. The zero-order chi connectivity index (χ0) is 20.3. The fourth-order valence-corrected chi connectivity index (χ4v) is 4.40. The van der Waals surface area contributed by atoms with Crippen molar-refractivity contribution < 1.29 is 23.8 Å². The Hall–Kier alpha value is -2.70. The van der Waals surface area contributed by atoms with E-state index in [1.807, 2.05) is 17.0 Å². The first-order valence-corrected chi connectivity index (χ1v) is 9.61. The minimum atomic E-state index is -0.499. The Balaban J connectivity index is 2.02. The lowest BCUT2D eigenvalue weighted by atomic mass is 9.74. The van der Waals surface area contributed by atoms with Crippen molar-refractivity contribution in [2.75, 3.05) is 40.5 Å². The topological polar surface area (TPSA) is 68.3 Å². The van der Waals surface area contributed by atoms with Gasteiger partial charge in [0.05, 0.1) is 26.4 Å². The molecule has 0 radical (unpaired) electrons. The first kappa shape index (κ1) is 20.0. The molecule has 1 saturated heterocycles. The predicted octanol–water partition coefficient (Wildman–Crippen LogP) is 2.72. The normalized spacial score (nSPS) is 17.7. The fourth-order valence-electron chi connectivity index (χ4n) is 4.40. The van der Waals surface area contributed by atoms with E-state index < -0.39 is 5.54 Å². The molecule has 0 aromatic heterocycles. The fraction of sp³-hybridized carbons (Fsp3) is 0.524. The molecule has 0 aliphatic carbocycles. The summed E-state index contributed by atoms with van der Waals surface area (Å²) in [5, 5.41) is 0. The van der Waals surface area contributed by atoms with Crippen molar-refractivity contribution in [2.45, 2.75) is 31.7 Å². The first-order chi connectivity index (χ1) is 13.5. The second kappa shape index (κ2) is 8.12. The summed E-state index contributed by atoms with van der Waals surface area (Å²) in [6.07, 6.45) is 3.06. The van der Waals surface area contributed by atoms with Crippen molar-refractivity contribution in [3.8, 4) is 11.5 Å². The van der Waals surface area contributed by atoms with E-state index in [-0.39, 0.29) is 12.0 Å². The number of rotatable bonds is 4. The highest BCUT2D eigenvalue weighted by molar-refractivity contribution is 5.88. The van der Waals surface area contributed by atoms with Crippen LogP contribution in [0.2, 0.25) is 0 Å². The van der Waals surface area contributed by atoms with Crippen LogP contribution in [0.3, 0.4) is 0 Å². The lowest BCUT2D eigenvalue weighted by Gasteiger charge is -2.52. The van der Waals surface area contributed by atoms with Gasteiger partial charge in [-0.2, -0.15) is 0 Å².